The van der Waals surface area contributed by atoms with Crippen molar-refractivity contribution in [1.29, 1.82) is 0 Å². The van der Waals surface area contributed by atoms with Gasteiger partial charge < -0.3 is 16.2 Å². The first-order valence-corrected chi connectivity index (χ1v) is 7.32. The average Bonchev–Trinajstić information content (AvgIpc) is 2.32. The lowest BCUT2D eigenvalue weighted by Gasteiger charge is -2.30. The van der Waals surface area contributed by atoms with Crippen LogP contribution >= 0.6 is 28.1 Å². The highest BCUT2D eigenvalue weighted by atomic mass is 79.9. The second-order valence-corrected chi connectivity index (χ2v) is 6.01. The largest absolute Gasteiger partial charge is 0.391 e. The van der Waals surface area contributed by atoms with Crippen LogP contribution in [0.4, 0.5) is 5.69 Å². The molecule has 2 atom stereocenters. The summed E-state index contributed by atoms with van der Waals surface area (Å²) in [6.45, 7) is 0. The minimum atomic E-state index is -0.295. The van der Waals surface area contributed by atoms with E-state index in [9.17, 15) is 5.11 Å². The van der Waals surface area contributed by atoms with Crippen molar-refractivity contribution < 1.29 is 5.11 Å². The minimum Gasteiger partial charge on any atom is -0.391 e. The van der Waals surface area contributed by atoms with Crippen LogP contribution in [0.25, 0.3) is 0 Å². The van der Waals surface area contributed by atoms with Crippen LogP contribution in [0.2, 0.25) is 0 Å². The summed E-state index contributed by atoms with van der Waals surface area (Å²) in [5.41, 5.74) is 7.43. The molecule has 1 aliphatic rings. The van der Waals surface area contributed by atoms with Gasteiger partial charge in [0.1, 0.15) is 4.99 Å². The van der Waals surface area contributed by atoms with Gasteiger partial charge in [0.15, 0.2) is 0 Å². The van der Waals surface area contributed by atoms with Crippen LogP contribution in [0.5, 0.6) is 0 Å². The molecule has 5 heteroatoms. The van der Waals surface area contributed by atoms with Crippen molar-refractivity contribution in [2.75, 3.05) is 5.32 Å². The Labute approximate surface area is 121 Å². The molecule has 3 nitrogen and oxygen atoms in total. The topological polar surface area (TPSA) is 58.3 Å². The molecule has 0 amide bonds. The number of aliphatic hydroxyl groups is 1. The van der Waals surface area contributed by atoms with Gasteiger partial charge in [-0.3, -0.25) is 0 Å². The molecule has 4 N–H and O–H groups in total. The molecule has 0 spiro atoms. The number of benzene rings is 1. The summed E-state index contributed by atoms with van der Waals surface area (Å²) in [6, 6.07) is 5.85. The third kappa shape index (κ3) is 3.22. The summed E-state index contributed by atoms with van der Waals surface area (Å²) in [6.07, 6.45) is 3.78. The van der Waals surface area contributed by atoms with Crippen molar-refractivity contribution in [3.05, 3.63) is 28.2 Å². The van der Waals surface area contributed by atoms with Crippen LogP contribution in [0.1, 0.15) is 31.2 Å². The molecule has 1 aromatic rings. The smallest absolute Gasteiger partial charge is 0.106 e. The van der Waals surface area contributed by atoms with Crippen LogP contribution in [0.3, 0.4) is 0 Å². The number of hydrogen-bond acceptors (Lipinski definition) is 3. The van der Waals surface area contributed by atoms with Crippen LogP contribution in [0, 0.1) is 0 Å². The van der Waals surface area contributed by atoms with Crippen molar-refractivity contribution in [1.82, 2.24) is 0 Å². The van der Waals surface area contributed by atoms with E-state index in [0.29, 0.717) is 4.99 Å². The van der Waals surface area contributed by atoms with Crippen LogP contribution < -0.4 is 11.1 Å². The van der Waals surface area contributed by atoms with Crippen molar-refractivity contribution in [3.63, 3.8) is 0 Å². The number of hydrogen-bond donors (Lipinski definition) is 3. The maximum Gasteiger partial charge on any atom is 0.106 e. The fourth-order valence-electron chi connectivity index (χ4n) is 2.33. The number of halogens is 1. The minimum absolute atomic E-state index is 0.0844. The third-order valence-electron chi connectivity index (χ3n) is 3.32. The van der Waals surface area contributed by atoms with Crippen molar-refractivity contribution >= 4 is 38.8 Å². The normalized spacial score (nSPS) is 23.7. The third-order valence-corrected chi connectivity index (χ3v) is 4.03. The number of thiocarbonyl (C=S) groups is 1. The van der Waals surface area contributed by atoms with Gasteiger partial charge in [0.2, 0.25) is 0 Å². The lowest BCUT2D eigenvalue weighted by molar-refractivity contribution is 0.116. The first-order valence-electron chi connectivity index (χ1n) is 6.12. The molecule has 2 unspecified atom stereocenters. The van der Waals surface area contributed by atoms with E-state index in [-0.39, 0.29) is 12.1 Å². The number of aliphatic hydroxyl groups excluding tert-OH is 1. The summed E-state index contributed by atoms with van der Waals surface area (Å²) >= 11 is 8.49. The first kappa shape index (κ1) is 13.8. The Kier molecular flexibility index (Phi) is 4.59. The number of anilines is 1. The molecule has 0 heterocycles. The van der Waals surface area contributed by atoms with E-state index in [1.165, 1.54) is 0 Å². The molecule has 1 aromatic carbocycles. The Morgan fingerprint density at radius 1 is 1.39 bits per heavy atom. The molecule has 0 aromatic heterocycles. The summed E-state index contributed by atoms with van der Waals surface area (Å²) in [5.74, 6) is 0. The predicted octanol–water partition coefficient (Wildman–Crippen LogP) is 2.80. The Balaban J connectivity index is 2.21. The monoisotopic (exact) mass is 328 g/mol. The van der Waals surface area contributed by atoms with Gasteiger partial charge in [-0.1, -0.05) is 41.0 Å². The van der Waals surface area contributed by atoms with E-state index in [2.05, 4.69) is 21.2 Å². The summed E-state index contributed by atoms with van der Waals surface area (Å²) < 4.78 is 0.968. The van der Waals surface area contributed by atoms with Crippen molar-refractivity contribution in [3.8, 4) is 0 Å². The summed E-state index contributed by atoms with van der Waals surface area (Å²) in [4.78, 5) is 0.371. The zero-order chi connectivity index (χ0) is 13.1. The molecule has 18 heavy (non-hydrogen) atoms. The van der Waals surface area contributed by atoms with Gasteiger partial charge in [-0.15, -0.1) is 0 Å². The molecule has 0 saturated heterocycles. The molecule has 1 aliphatic carbocycles. The molecule has 0 bridgehead atoms. The molecule has 2 rings (SSSR count). The molecular weight excluding hydrogens is 312 g/mol. The second kappa shape index (κ2) is 5.99. The zero-order valence-electron chi connectivity index (χ0n) is 10.0. The summed E-state index contributed by atoms with van der Waals surface area (Å²) in [5, 5.41) is 13.4. The van der Waals surface area contributed by atoms with E-state index in [4.69, 9.17) is 18.0 Å². The summed E-state index contributed by atoms with van der Waals surface area (Å²) in [7, 11) is 0. The van der Waals surface area contributed by atoms with E-state index < -0.39 is 0 Å². The van der Waals surface area contributed by atoms with E-state index in [0.717, 1.165) is 41.4 Å². The highest BCUT2D eigenvalue weighted by molar-refractivity contribution is 9.10. The number of rotatable bonds is 3. The van der Waals surface area contributed by atoms with Gasteiger partial charge in [0.05, 0.1) is 12.1 Å². The lowest BCUT2D eigenvalue weighted by Crippen LogP contribution is -2.36. The zero-order valence-corrected chi connectivity index (χ0v) is 12.4. The van der Waals surface area contributed by atoms with Gasteiger partial charge in [0.25, 0.3) is 0 Å². The van der Waals surface area contributed by atoms with Gasteiger partial charge >= 0.3 is 0 Å². The second-order valence-electron chi connectivity index (χ2n) is 4.66. The van der Waals surface area contributed by atoms with E-state index in [1.807, 2.05) is 18.2 Å². The number of nitrogens with one attached hydrogen (secondary N) is 1. The first-order chi connectivity index (χ1) is 8.58. The SMILES string of the molecule is NC(=S)c1ccc(Br)cc1NC1CCCCC1O. The quantitative estimate of drug-likeness (QED) is 0.747. The fourth-order valence-corrected chi connectivity index (χ4v) is 2.87. The maximum atomic E-state index is 9.99. The predicted molar refractivity (Wildman–Crippen MR) is 81.9 cm³/mol. The number of nitrogens with two attached hydrogens (primary N) is 1. The van der Waals surface area contributed by atoms with E-state index >= 15 is 0 Å². The Morgan fingerprint density at radius 2 is 2.11 bits per heavy atom. The Bertz CT molecular complexity index is 453. The Morgan fingerprint density at radius 3 is 2.78 bits per heavy atom. The average molecular weight is 329 g/mol. The van der Waals surface area contributed by atoms with Gasteiger partial charge in [-0.05, 0) is 31.0 Å². The van der Waals surface area contributed by atoms with Crippen LogP contribution in [0.15, 0.2) is 22.7 Å². The van der Waals surface area contributed by atoms with Crippen LogP contribution in [-0.4, -0.2) is 22.2 Å². The highest BCUT2D eigenvalue weighted by Gasteiger charge is 2.23. The van der Waals surface area contributed by atoms with Gasteiger partial charge in [-0.25, -0.2) is 0 Å². The Hall–Kier alpha value is -0.650. The molecule has 1 saturated carbocycles. The van der Waals surface area contributed by atoms with Crippen molar-refractivity contribution in [2.24, 2.45) is 5.73 Å². The molecular formula is C13H17BrN2OS. The maximum absolute atomic E-state index is 9.99. The van der Waals surface area contributed by atoms with E-state index in [1.54, 1.807) is 0 Å². The fraction of sp³-hybridized carbons (Fsp3) is 0.462. The molecule has 0 aliphatic heterocycles. The molecule has 98 valence electrons. The van der Waals surface area contributed by atoms with Gasteiger partial charge in [-0.2, -0.15) is 0 Å². The molecule has 0 radical (unpaired) electrons. The standard InChI is InChI=1S/C13H17BrN2OS/c14-8-5-6-9(13(15)18)11(7-8)16-10-3-1-2-4-12(10)17/h5-7,10,12,16-17H,1-4H2,(H2,15,18). The van der Waals surface area contributed by atoms with Crippen LogP contribution in [-0.2, 0) is 0 Å². The lowest BCUT2D eigenvalue weighted by atomic mass is 9.92. The highest BCUT2D eigenvalue weighted by Crippen LogP contribution is 2.26. The molecule has 1 fully saturated rings. The van der Waals surface area contributed by atoms with Gasteiger partial charge in [0, 0.05) is 15.7 Å². The van der Waals surface area contributed by atoms with Crippen molar-refractivity contribution in [2.45, 2.75) is 37.8 Å².